The molecule has 0 saturated heterocycles. The molecule has 0 heterocycles. The summed E-state index contributed by atoms with van der Waals surface area (Å²) in [6.07, 6.45) is 3.97. The molecule has 20 heavy (non-hydrogen) atoms. The van der Waals surface area contributed by atoms with Crippen LogP contribution >= 0.6 is 15.9 Å². The molecule has 0 aromatic heterocycles. The molecular weight excluding hydrogens is 328 g/mol. The molecule has 1 amide bonds. The van der Waals surface area contributed by atoms with Crippen molar-refractivity contribution in [1.29, 1.82) is 0 Å². The highest BCUT2D eigenvalue weighted by Crippen LogP contribution is 2.29. The standard InChI is InChI=1S/C15H18BrF2NO/c1-9-7-8-11(17)13(14(9)18)15(20)19(2)12-6-4-3-5-10(12)16/h7-8,10,12H,3-6H2,1-2H3. The molecule has 1 aromatic carbocycles. The second-order valence-corrected chi connectivity index (χ2v) is 6.51. The van der Waals surface area contributed by atoms with E-state index >= 15 is 0 Å². The van der Waals surface area contributed by atoms with Crippen molar-refractivity contribution in [1.82, 2.24) is 4.90 Å². The van der Waals surface area contributed by atoms with Crippen LogP contribution in [0.4, 0.5) is 8.78 Å². The number of rotatable bonds is 2. The van der Waals surface area contributed by atoms with Gasteiger partial charge in [0, 0.05) is 17.9 Å². The molecule has 0 bridgehead atoms. The highest BCUT2D eigenvalue weighted by Gasteiger charge is 2.32. The van der Waals surface area contributed by atoms with Gasteiger partial charge in [-0.15, -0.1) is 0 Å². The third-order valence-electron chi connectivity index (χ3n) is 3.96. The number of hydrogen-bond donors (Lipinski definition) is 0. The van der Waals surface area contributed by atoms with Gasteiger partial charge in [0.05, 0.1) is 0 Å². The molecule has 1 saturated carbocycles. The Morgan fingerprint density at radius 3 is 2.60 bits per heavy atom. The molecule has 0 radical (unpaired) electrons. The first-order valence-corrected chi connectivity index (χ1v) is 7.71. The molecule has 1 aliphatic carbocycles. The first-order chi connectivity index (χ1) is 9.43. The number of nitrogens with zero attached hydrogens (tertiary/aromatic N) is 1. The van der Waals surface area contributed by atoms with Crippen LogP contribution in [0.5, 0.6) is 0 Å². The fourth-order valence-electron chi connectivity index (χ4n) is 2.68. The Bertz CT molecular complexity index is 521. The minimum atomic E-state index is -0.799. The summed E-state index contributed by atoms with van der Waals surface area (Å²) in [5.74, 6) is -2.14. The second-order valence-electron chi connectivity index (χ2n) is 5.34. The zero-order valence-electron chi connectivity index (χ0n) is 11.6. The van der Waals surface area contributed by atoms with E-state index in [2.05, 4.69) is 15.9 Å². The summed E-state index contributed by atoms with van der Waals surface area (Å²) in [7, 11) is 1.62. The van der Waals surface area contributed by atoms with E-state index in [0.29, 0.717) is 0 Å². The van der Waals surface area contributed by atoms with Gasteiger partial charge in [0.1, 0.15) is 17.2 Å². The molecule has 1 aliphatic rings. The number of carbonyl (C=O) groups excluding carboxylic acids is 1. The van der Waals surface area contributed by atoms with Crippen LogP contribution in [-0.4, -0.2) is 28.7 Å². The van der Waals surface area contributed by atoms with E-state index in [0.717, 1.165) is 31.7 Å². The van der Waals surface area contributed by atoms with E-state index < -0.39 is 23.1 Å². The number of halogens is 3. The van der Waals surface area contributed by atoms with Gasteiger partial charge in [0.2, 0.25) is 0 Å². The molecule has 110 valence electrons. The molecule has 2 nitrogen and oxygen atoms in total. The SMILES string of the molecule is Cc1ccc(F)c(C(=O)N(C)C2CCCCC2Br)c1F. The van der Waals surface area contributed by atoms with Crippen LogP contribution in [0.1, 0.15) is 41.6 Å². The molecule has 2 unspecified atom stereocenters. The van der Waals surface area contributed by atoms with Gasteiger partial charge in [0.15, 0.2) is 0 Å². The van der Waals surface area contributed by atoms with E-state index in [1.165, 1.54) is 17.9 Å². The maximum atomic E-state index is 14.0. The quantitative estimate of drug-likeness (QED) is 0.740. The molecule has 0 aliphatic heterocycles. The lowest BCUT2D eigenvalue weighted by atomic mass is 9.93. The summed E-state index contributed by atoms with van der Waals surface area (Å²) in [5.41, 5.74) is -0.167. The first kappa shape index (κ1) is 15.4. The Balaban J connectivity index is 2.29. The van der Waals surface area contributed by atoms with E-state index in [4.69, 9.17) is 0 Å². The highest BCUT2D eigenvalue weighted by molar-refractivity contribution is 9.09. The minimum Gasteiger partial charge on any atom is -0.337 e. The largest absolute Gasteiger partial charge is 0.337 e. The van der Waals surface area contributed by atoms with E-state index in [1.54, 1.807) is 7.05 Å². The Hall–Kier alpha value is -0.970. The molecular formula is C15H18BrF2NO. The van der Waals surface area contributed by atoms with Crippen LogP contribution in [0.3, 0.4) is 0 Å². The minimum absolute atomic E-state index is 0.0180. The summed E-state index contributed by atoms with van der Waals surface area (Å²) < 4.78 is 27.8. The zero-order chi connectivity index (χ0) is 14.9. The summed E-state index contributed by atoms with van der Waals surface area (Å²) in [5, 5.41) is 0. The molecule has 2 atom stereocenters. The van der Waals surface area contributed by atoms with Crippen LogP contribution in [-0.2, 0) is 0 Å². The van der Waals surface area contributed by atoms with E-state index in [9.17, 15) is 13.6 Å². The Labute approximate surface area is 126 Å². The maximum absolute atomic E-state index is 14.0. The number of aryl methyl sites for hydroxylation is 1. The number of hydrogen-bond acceptors (Lipinski definition) is 1. The molecule has 2 rings (SSSR count). The first-order valence-electron chi connectivity index (χ1n) is 6.79. The van der Waals surface area contributed by atoms with Crippen LogP contribution in [0.15, 0.2) is 12.1 Å². The Kier molecular flexibility index (Phi) is 4.78. The Morgan fingerprint density at radius 1 is 1.30 bits per heavy atom. The van der Waals surface area contributed by atoms with Gasteiger partial charge in [-0.25, -0.2) is 8.78 Å². The van der Waals surface area contributed by atoms with Crippen molar-refractivity contribution in [3.63, 3.8) is 0 Å². The van der Waals surface area contributed by atoms with Crippen molar-refractivity contribution >= 4 is 21.8 Å². The molecule has 5 heteroatoms. The average Bonchev–Trinajstić information content (AvgIpc) is 2.43. The lowest BCUT2D eigenvalue weighted by molar-refractivity contribution is 0.0694. The smallest absolute Gasteiger partial charge is 0.259 e. The van der Waals surface area contributed by atoms with Gasteiger partial charge in [-0.1, -0.05) is 34.8 Å². The van der Waals surface area contributed by atoms with Gasteiger partial charge >= 0.3 is 0 Å². The van der Waals surface area contributed by atoms with E-state index in [1.807, 2.05) is 0 Å². The molecule has 1 aromatic rings. The van der Waals surface area contributed by atoms with Gasteiger partial charge in [-0.3, -0.25) is 4.79 Å². The number of amides is 1. The second kappa shape index (κ2) is 6.20. The van der Waals surface area contributed by atoms with Gasteiger partial charge in [-0.05, 0) is 31.4 Å². The van der Waals surface area contributed by atoms with Crippen molar-refractivity contribution < 1.29 is 13.6 Å². The predicted molar refractivity (Wildman–Crippen MR) is 78.2 cm³/mol. The predicted octanol–water partition coefficient (Wildman–Crippen LogP) is 4.05. The van der Waals surface area contributed by atoms with Crippen molar-refractivity contribution in [3.8, 4) is 0 Å². The zero-order valence-corrected chi connectivity index (χ0v) is 13.2. The van der Waals surface area contributed by atoms with Gasteiger partial charge in [-0.2, -0.15) is 0 Å². The summed E-state index contributed by atoms with van der Waals surface area (Å²) in [6.45, 7) is 1.53. The number of carbonyl (C=O) groups is 1. The monoisotopic (exact) mass is 345 g/mol. The van der Waals surface area contributed by atoms with Crippen LogP contribution in [0.2, 0.25) is 0 Å². The summed E-state index contributed by atoms with van der Waals surface area (Å²) >= 11 is 3.57. The van der Waals surface area contributed by atoms with Crippen LogP contribution < -0.4 is 0 Å². The fraction of sp³-hybridized carbons (Fsp3) is 0.533. The summed E-state index contributed by atoms with van der Waals surface area (Å²) in [6, 6.07) is 2.47. The summed E-state index contributed by atoms with van der Waals surface area (Å²) in [4.78, 5) is 14.1. The lowest BCUT2D eigenvalue weighted by Gasteiger charge is -2.35. The van der Waals surface area contributed by atoms with Crippen molar-refractivity contribution in [2.24, 2.45) is 0 Å². The normalized spacial score (nSPS) is 22.6. The maximum Gasteiger partial charge on any atom is 0.259 e. The van der Waals surface area contributed by atoms with Gasteiger partial charge < -0.3 is 4.90 Å². The number of alkyl halides is 1. The lowest BCUT2D eigenvalue weighted by Crippen LogP contribution is -2.44. The third-order valence-corrected chi connectivity index (χ3v) is 5.03. The van der Waals surface area contributed by atoms with Crippen molar-refractivity contribution in [2.75, 3.05) is 7.05 Å². The Morgan fingerprint density at radius 2 is 1.95 bits per heavy atom. The third kappa shape index (κ3) is 2.87. The molecule has 1 fully saturated rings. The molecule has 0 spiro atoms. The van der Waals surface area contributed by atoms with Crippen molar-refractivity contribution in [3.05, 3.63) is 34.9 Å². The number of benzene rings is 1. The van der Waals surface area contributed by atoms with Gasteiger partial charge in [0.25, 0.3) is 5.91 Å². The molecule has 0 N–H and O–H groups in total. The van der Waals surface area contributed by atoms with Crippen molar-refractivity contribution in [2.45, 2.75) is 43.5 Å². The van der Waals surface area contributed by atoms with E-state index in [-0.39, 0.29) is 16.4 Å². The fourth-order valence-corrected chi connectivity index (χ4v) is 3.62. The average molecular weight is 346 g/mol. The highest BCUT2D eigenvalue weighted by atomic mass is 79.9. The van der Waals surface area contributed by atoms with Crippen LogP contribution in [0, 0.1) is 18.6 Å². The van der Waals surface area contributed by atoms with Crippen LogP contribution in [0.25, 0.3) is 0 Å². The topological polar surface area (TPSA) is 20.3 Å².